The highest BCUT2D eigenvalue weighted by atomic mass is 16.5. The number of phenolic OH excluding ortho intramolecular Hbond substituents is 1. The van der Waals surface area contributed by atoms with Gasteiger partial charge in [0, 0.05) is 0 Å². The van der Waals surface area contributed by atoms with Crippen molar-refractivity contribution in [3.05, 3.63) is 48.0 Å². The van der Waals surface area contributed by atoms with Gasteiger partial charge in [-0.3, -0.25) is 4.79 Å². The Morgan fingerprint density at radius 2 is 1.88 bits per heavy atom. The van der Waals surface area contributed by atoms with Crippen molar-refractivity contribution in [3.63, 3.8) is 0 Å². The summed E-state index contributed by atoms with van der Waals surface area (Å²) in [7, 11) is 1.45. The fraction of sp³-hybridized carbons (Fsp3) is 0.222. The first-order valence-corrected chi connectivity index (χ1v) is 7.67. The molecular formula is C18H20N2O5. The van der Waals surface area contributed by atoms with Crippen LogP contribution in [0, 0.1) is 0 Å². The van der Waals surface area contributed by atoms with Crippen LogP contribution in [0.2, 0.25) is 0 Å². The maximum atomic E-state index is 11.8. The minimum absolute atomic E-state index is 0.0325. The fourth-order valence-electron chi connectivity index (χ4n) is 1.97. The summed E-state index contributed by atoms with van der Waals surface area (Å²) in [5, 5.41) is 13.4. The lowest BCUT2D eigenvalue weighted by atomic mass is 10.2. The summed E-state index contributed by atoms with van der Waals surface area (Å²) in [6, 6.07) is 11.8. The quantitative estimate of drug-likeness (QED) is 0.567. The van der Waals surface area contributed by atoms with Crippen LogP contribution in [0.1, 0.15) is 12.5 Å². The van der Waals surface area contributed by atoms with Gasteiger partial charge in [-0.25, -0.2) is 5.43 Å². The van der Waals surface area contributed by atoms with Crippen molar-refractivity contribution in [1.82, 2.24) is 5.43 Å². The lowest BCUT2D eigenvalue weighted by Crippen LogP contribution is -2.24. The number of hydrogen-bond donors (Lipinski definition) is 2. The van der Waals surface area contributed by atoms with Crippen LogP contribution in [0.15, 0.2) is 47.6 Å². The third kappa shape index (κ3) is 5.42. The van der Waals surface area contributed by atoms with Crippen LogP contribution in [0.25, 0.3) is 0 Å². The molecule has 2 aromatic rings. The molecule has 0 aliphatic carbocycles. The molecule has 25 heavy (non-hydrogen) atoms. The first-order chi connectivity index (χ1) is 12.1. The molecular weight excluding hydrogens is 324 g/mol. The zero-order valence-corrected chi connectivity index (χ0v) is 14.1. The second-order valence-electron chi connectivity index (χ2n) is 4.89. The van der Waals surface area contributed by atoms with Crippen LogP contribution in [-0.4, -0.2) is 37.6 Å². The predicted molar refractivity (Wildman–Crippen MR) is 93.5 cm³/mol. The summed E-state index contributed by atoms with van der Waals surface area (Å²) in [6.07, 6.45) is 1.44. The third-order valence-electron chi connectivity index (χ3n) is 3.11. The Morgan fingerprint density at radius 3 is 2.56 bits per heavy atom. The van der Waals surface area contributed by atoms with Gasteiger partial charge in [-0.2, -0.15) is 5.10 Å². The van der Waals surface area contributed by atoms with E-state index in [0.29, 0.717) is 29.4 Å². The van der Waals surface area contributed by atoms with Gasteiger partial charge in [-0.15, -0.1) is 0 Å². The SMILES string of the molecule is CCOc1ccccc1OCC(=O)N/N=C/c1ccc(O)c(OC)c1. The second-order valence-corrected chi connectivity index (χ2v) is 4.89. The molecule has 0 aromatic heterocycles. The molecule has 0 saturated heterocycles. The van der Waals surface area contributed by atoms with Crippen LogP contribution in [0.4, 0.5) is 0 Å². The standard InChI is InChI=1S/C18H20N2O5/c1-3-24-15-6-4-5-7-16(15)25-12-18(22)20-19-11-13-8-9-14(21)17(10-13)23-2/h4-11,21H,3,12H2,1-2H3,(H,20,22)/b19-11+. The summed E-state index contributed by atoms with van der Waals surface area (Å²) in [4.78, 5) is 11.8. The van der Waals surface area contributed by atoms with Crippen molar-refractivity contribution in [2.24, 2.45) is 5.10 Å². The Morgan fingerprint density at radius 1 is 1.16 bits per heavy atom. The Kier molecular flexibility index (Phi) is 6.65. The number of hydrogen-bond acceptors (Lipinski definition) is 6. The van der Waals surface area contributed by atoms with Gasteiger partial charge in [0.05, 0.1) is 19.9 Å². The Balaban J connectivity index is 1.87. The van der Waals surface area contributed by atoms with Gasteiger partial charge in [0.1, 0.15) is 0 Å². The van der Waals surface area contributed by atoms with Crippen LogP contribution >= 0.6 is 0 Å². The Labute approximate surface area is 145 Å². The van der Waals surface area contributed by atoms with Crippen LogP contribution < -0.4 is 19.6 Å². The molecule has 2 rings (SSSR count). The number of amides is 1. The Hall–Kier alpha value is -3.22. The number of methoxy groups -OCH3 is 1. The molecule has 0 heterocycles. The van der Waals surface area contributed by atoms with E-state index in [1.807, 2.05) is 13.0 Å². The molecule has 0 unspecified atom stereocenters. The highest BCUT2D eigenvalue weighted by molar-refractivity contribution is 5.83. The van der Waals surface area contributed by atoms with Crippen LogP contribution in [0.5, 0.6) is 23.0 Å². The van der Waals surface area contributed by atoms with Crippen LogP contribution in [-0.2, 0) is 4.79 Å². The van der Waals surface area contributed by atoms with Crippen molar-refractivity contribution in [2.45, 2.75) is 6.92 Å². The van der Waals surface area contributed by atoms with Gasteiger partial charge in [-0.1, -0.05) is 12.1 Å². The maximum Gasteiger partial charge on any atom is 0.277 e. The van der Waals surface area contributed by atoms with Gasteiger partial charge < -0.3 is 19.3 Å². The number of aromatic hydroxyl groups is 1. The maximum absolute atomic E-state index is 11.8. The summed E-state index contributed by atoms with van der Waals surface area (Å²) < 4.78 is 15.9. The van der Waals surface area contributed by atoms with Gasteiger partial charge in [-0.05, 0) is 42.8 Å². The largest absolute Gasteiger partial charge is 0.504 e. The average molecular weight is 344 g/mol. The van der Waals surface area contributed by atoms with Crippen molar-refractivity contribution in [2.75, 3.05) is 20.3 Å². The molecule has 2 N–H and O–H groups in total. The normalized spacial score (nSPS) is 10.5. The van der Waals surface area contributed by atoms with Crippen molar-refractivity contribution < 1.29 is 24.1 Å². The van der Waals surface area contributed by atoms with Gasteiger partial charge in [0.25, 0.3) is 5.91 Å². The van der Waals surface area contributed by atoms with E-state index in [2.05, 4.69) is 10.5 Å². The molecule has 7 heteroatoms. The number of para-hydroxylation sites is 2. The van der Waals surface area contributed by atoms with Crippen molar-refractivity contribution >= 4 is 12.1 Å². The van der Waals surface area contributed by atoms with E-state index in [1.165, 1.54) is 19.4 Å². The molecule has 0 atom stereocenters. The number of phenols is 1. The molecule has 0 radical (unpaired) electrons. The zero-order chi connectivity index (χ0) is 18.1. The Bertz CT molecular complexity index is 746. The van der Waals surface area contributed by atoms with E-state index < -0.39 is 5.91 Å². The highest BCUT2D eigenvalue weighted by Crippen LogP contribution is 2.26. The first kappa shape index (κ1) is 18.1. The number of nitrogens with one attached hydrogen (secondary N) is 1. The van der Waals surface area contributed by atoms with E-state index >= 15 is 0 Å². The summed E-state index contributed by atoms with van der Waals surface area (Å²) in [5.74, 6) is 1.02. The van der Waals surface area contributed by atoms with Crippen molar-refractivity contribution in [3.8, 4) is 23.0 Å². The zero-order valence-electron chi connectivity index (χ0n) is 14.1. The van der Waals surface area contributed by atoms with E-state index in [4.69, 9.17) is 14.2 Å². The molecule has 0 bridgehead atoms. The highest BCUT2D eigenvalue weighted by Gasteiger charge is 2.06. The van der Waals surface area contributed by atoms with Crippen molar-refractivity contribution in [1.29, 1.82) is 0 Å². The minimum atomic E-state index is -0.409. The smallest absolute Gasteiger partial charge is 0.277 e. The minimum Gasteiger partial charge on any atom is -0.504 e. The summed E-state index contributed by atoms with van der Waals surface area (Å²) in [5.41, 5.74) is 3.03. The number of nitrogens with zero attached hydrogens (tertiary/aromatic N) is 1. The van der Waals surface area contributed by atoms with E-state index in [9.17, 15) is 9.90 Å². The lowest BCUT2D eigenvalue weighted by Gasteiger charge is -2.10. The number of rotatable bonds is 8. The topological polar surface area (TPSA) is 89.4 Å². The fourth-order valence-corrected chi connectivity index (χ4v) is 1.97. The predicted octanol–water partition coefficient (Wildman–Crippen LogP) is 2.33. The van der Waals surface area contributed by atoms with Gasteiger partial charge >= 0.3 is 0 Å². The number of carbonyl (C=O) groups is 1. The molecule has 7 nitrogen and oxygen atoms in total. The monoisotopic (exact) mass is 344 g/mol. The van der Waals surface area contributed by atoms with Gasteiger partial charge in [0.15, 0.2) is 29.6 Å². The molecule has 0 aliphatic rings. The van der Waals surface area contributed by atoms with E-state index in [1.54, 1.807) is 30.3 Å². The number of carbonyl (C=O) groups excluding carboxylic acids is 1. The molecule has 1 amide bonds. The summed E-state index contributed by atoms with van der Waals surface area (Å²) in [6.45, 7) is 2.18. The average Bonchev–Trinajstić information content (AvgIpc) is 2.62. The summed E-state index contributed by atoms with van der Waals surface area (Å²) >= 11 is 0. The third-order valence-corrected chi connectivity index (χ3v) is 3.11. The molecule has 0 saturated carbocycles. The lowest BCUT2D eigenvalue weighted by molar-refractivity contribution is -0.123. The second kappa shape index (κ2) is 9.17. The van der Waals surface area contributed by atoms with E-state index in [0.717, 1.165) is 0 Å². The number of hydrazone groups is 1. The molecule has 132 valence electrons. The molecule has 0 fully saturated rings. The number of benzene rings is 2. The number of ether oxygens (including phenoxy) is 3. The molecule has 0 aliphatic heterocycles. The first-order valence-electron chi connectivity index (χ1n) is 7.67. The molecule has 0 spiro atoms. The molecule has 2 aromatic carbocycles. The van der Waals surface area contributed by atoms with E-state index in [-0.39, 0.29) is 12.4 Å². The van der Waals surface area contributed by atoms with Crippen LogP contribution in [0.3, 0.4) is 0 Å². The van der Waals surface area contributed by atoms with Gasteiger partial charge in [0.2, 0.25) is 0 Å².